The summed E-state index contributed by atoms with van der Waals surface area (Å²) >= 11 is 1.33. The molecule has 6 rings (SSSR count). The second kappa shape index (κ2) is 11.8. The van der Waals surface area contributed by atoms with Gasteiger partial charge < -0.3 is 20.3 Å². The maximum absolute atomic E-state index is 13.6. The third-order valence-corrected chi connectivity index (χ3v) is 9.14. The number of nitrogens with zero attached hydrogens (tertiary/aromatic N) is 4. The van der Waals surface area contributed by atoms with Crippen LogP contribution in [0, 0.1) is 18.3 Å². The van der Waals surface area contributed by atoms with Gasteiger partial charge in [0.1, 0.15) is 33.4 Å². The van der Waals surface area contributed by atoms with Crippen LogP contribution in [0.25, 0.3) is 0 Å². The number of rotatable bonds is 6. The van der Waals surface area contributed by atoms with E-state index in [1.54, 1.807) is 29.0 Å². The highest BCUT2D eigenvalue weighted by atomic mass is 32.2. The molecule has 10 nitrogen and oxygen atoms in total. The van der Waals surface area contributed by atoms with Crippen LogP contribution in [-0.4, -0.2) is 52.1 Å². The van der Waals surface area contributed by atoms with Crippen molar-refractivity contribution in [3.8, 4) is 17.6 Å². The van der Waals surface area contributed by atoms with Gasteiger partial charge in [0.25, 0.3) is 5.91 Å². The van der Waals surface area contributed by atoms with Crippen LogP contribution in [0.1, 0.15) is 36.9 Å². The maximum atomic E-state index is 13.6. The van der Waals surface area contributed by atoms with Crippen molar-refractivity contribution in [3.63, 3.8) is 0 Å². The van der Waals surface area contributed by atoms with Crippen LogP contribution in [0.15, 0.2) is 77.5 Å². The van der Waals surface area contributed by atoms with Crippen molar-refractivity contribution in [1.82, 2.24) is 20.5 Å². The van der Waals surface area contributed by atoms with Crippen molar-refractivity contribution in [2.45, 2.75) is 49.0 Å². The van der Waals surface area contributed by atoms with E-state index in [1.807, 2.05) is 61.5 Å². The Kier molecular flexibility index (Phi) is 7.78. The molecule has 2 N–H and O–H groups in total. The van der Waals surface area contributed by atoms with Gasteiger partial charge in [-0.2, -0.15) is 5.26 Å². The summed E-state index contributed by atoms with van der Waals surface area (Å²) in [5, 5.41) is 15.5. The number of allylic oxidation sites excluding steroid dienone is 1. The number of urea groups is 1. The first-order valence-electron chi connectivity index (χ1n) is 14.1. The second-order valence-electron chi connectivity index (χ2n) is 10.6. The lowest BCUT2D eigenvalue weighted by Crippen LogP contribution is -2.54. The van der Waals surface area contributed by atoms with Crippen LogP contribution in [-0.2, 0) is 9.59 Å². The molecule has 3 aromatic rings. The number of para-hydroxylation sites is 1. The van der Waals surface area contributed by atoms with E-state index in [0.717, 1.165) is 23.3 Å². The molecule has 43 heavy (non-hydrogen) atoms. The molecule has 0 spiro atoms. The summed E-state index contributed by atoms with van der Waals surface area (Å²) in [6.45, 7) is 4.44. The number of piperidine rings is 1. The van der Waals surface area contributed by atoms with Gasteiger partial charge in [-0.05, 0) is 68.7 Å². The summed E-state index contributed by atoms with van der Waals surface area (Å²) in [6, 6.07) is 17.7. The molecule has 3 atom stereocenters. The first-order chi connectivity index (χ1) is 20.9. The fraction of sp³-hybridized carbons (Fsp3) is 0.281. The molecule has 1 aromatic heterocycles. The molecule has 3 aliphatic heterocycles. The first kappa shape index (κ1) is 28.3. The minimum absolute atomic E-state index is 0.0930. The molecular weight excluding hydrogens is 564 g/mol. The largest absolute Gasteiger partial charge is 0.457 e. The highest BCUT2D eigenvalue weighted by Gasteiger charge is 2.47. The highest BCUT2D eigenvalue weighted by Crippen LogP contribution is 2.51. The zero-order chi connectivity index (χ0) is 30.1. The maximum Gasteiger partial charge on any atom is 0.327 e. The van der Waals surface area contributed by atoms with E-state index >= 15 is 0 Å². The average molecular weight is 595 g/mol. The van der Waals surface area contributed by atoms with E-state index < -0.39 is 11.3 Å². The summed E-state index contributed by atoms with van der Waals surface area (Å²) in [6.07, 6.45) is 4.59. The molecule has 1 fully saturated rings. The number of nitrogens with one attached hydrogen (secondary N) is 2. The Labute approximate surface area is 253 Å². The minimum atomic E-state index is -0.617. The molecule has 11 heteroatoms. The molecule has 1 saturated heterocycles. The molecule has 0 saturated carbocycles. The predicted molar refractivity (Wildman–Crippen MR) is 162 cm³/mol. The van der Waals surface area contributed by atoms with E-state index in [0.29, 0.717) is 41.7 Å². The predicted octanol–water partition coefficient (Wildman–Crippen LogP) is 5.14. The quantitative estimate of drug-likeness (QED) is 0.299. The van der Waals surface area contributed by atoms with Crippen molar-refractivity contribution >= 4 is 41.0 Å². The van der Waals surface area contributed by atoms with E-state index in [2.05, 4.69) is 15.6 Å². The van der Waals surface area contributed by atoms with Crippen LogP contribution in [0.5, 0.6) is 11.5 Å². The van der Waals surface area contributed by atoms with Crippen LogP contribution >= 0.6 is 11.8 Å². The van der Waals surface area contributed by atoms with Gasteiger partial charge in [-0.3, -0.25) is 14.5 Å². The Hall–Kier alpha value is -4.82. The molecule has 0 radical (unpaired) electrons. The topological polar surface area (TPSA) is 128 Å². The van der Waals surface area contributed by atoms with Crippen molar-refractivity contribution < 1.29 is 19.1 Å². The van der Waals surface area contributed by atoms with Crippen molar-refractivity contribution in [2.75, 3.05) is 18.0 Å². The van der Waals surface area contributed by atoms with Crippen LogP contribution in [0.3, 0.4) is 0 Å². The monoisotopic (exact) mass is 594 g/mol. The summed E-state index contributed by atoms with van der Waals surface area (Å²) in [5.74, 6) is 0.832. The third kappa shape index (κ3) is 5.42. The molecular formula is C32H30N6O4S. The van der Waals surface area contributed by atoms with E-state index in [9.17, 15) is 19.6 Å². The number of hydrogen-bond acceptors (Lipinski definition) is 7. The Morgan fingerprint density at radius 2 is 1.98 bits per heavy atom. The number of aryl methyl sites for hydroxylation is 1. The Morgan fingerprint density at radius 1 is 1.16 bits per heavy atom. The summed E-state index contributed by atoms with van der Waals surface area (Å²) in [7, 11) is 0. The van der Waals surface area contributed by atoms with Gasteiger partial charge in [0, 0.05) is 30.9 Å². The van der Waals surface area contributed by atoms with Crippen molar-refractivity contribution in [1.29, 1.82) is 5.26 Å². The number of pyridine rings is 1. The number of nitriles is 1. The zero-order valence-electron chi connectivity index (χ0n) is 23.7. The SMILES string of the molecule is C/C=C(\C#N)C(=O)N1CCCC(NC(=O)[C@@H]2Sc3nccc4c3C2NC(=O)N4c2ccc(Oc3ccccc3)cc2C)C1. The van der Waals surface area contributed by atoms with Gasteiger partial charge >= 0.3 is 6.03 Å². The molecule has 4 heterocycles. The van der Waals surface area contributed by atoms with E-state index in [1.165, 1.54) is 17.8 Å². The smallest absolute Gasteiger partial charge is 0.327 e. The number of carbonyl (C=O) groups excluding carboxylic acids is 3. The molecule has 2 aromatic carbocycles. The van der Waals surface area contributed by atoms with Crippen molar-refractivity contribution in [2.24, 2.45) is 0 Å². The fourth-order valence-corrected chi connectivity index (χ4v) is 7.04. The number of amides is 4. The van der Waals surface area contributed by atoms with Crippen LogP contribution in [0.4, 0.5) is 16.2 Å². The normalized spacial score (nSPS) is 21.0. The second-order valence-corrected chi connectivity index (χ2v) is 11.8. The summed E-state index contributed by atoms with van der Waals surface area (Å²) in [5.41, 5.74) is 3.14. The summed E-state index contributed by atoms with van der Waals surface area (Å²) in [4.78, 5) is 47.7. The standard InChI is InChI=1S/C32H30N6O4S/c1-3-20(17-33)31(40)37-15-7-8-21(18-37)35-29(39)28-27-26-25(13-14-34-30(26)43-28)38(32(41)36-27)24-12-11-23(16-19(24)2)42-22-9-5-4-6-10-22/h3-6,9-14,16,21,27-28H,7-8,15,18H2,1-2H3,(H,35,39)(H,36,41)/b20-3+/t21?,27?,28-/m1/s1. The molecule has 0 bridgehead atoms. The average Bonchev–Trinajstić information content (AvgIpc) is 3.38. The van der Waals surface area contributed by atoms with Gasteiger partial charge in [-0.15, -0.1) is 0 Å². The van der Waals surface area contributed by atoms with E-state index in [-0.39, 0.29) is 29.5 Å². The number of aromatic nitrogens is 1. The van der Waals surface area contributed by atoms with E-state index in [4.69, 9.17) is 4.74 Å². The zero-order valence-corrected chi connectivity index (χ0v) is 24.6. The minimum Gasteiger partial charge on any atom is -0.457 e. The molecule has 3 aliphatic rings. The molecule has 2 unspecified atom stereocenters. The molecule has 0 aliphatic carbocycles. The third-order valence-electron chi connectivity index (χ3n) is 7.85. The highest BCUT2D eigenvalue weighted by molar-refractivity contribution is 8.01. The summed E-state index contributed by atoms with van der Waals surface area (Å²) < 4.78 is 5.97. The lowest BCUT2D eigenvalue weighted by molar-refractivity contribution is -0.129. The number of thioether (sulfide) groups is 1. The molecule has 4 amide bonds. The fourth-order valence-electron chi connectivity index (χ4n) is 5.80. The first-order valence-corrected chi connectivity index (χ1v) is 15.0. The van der Waals surface area contributed by atoms with Gasteiger partial charge in [0.05, 0.1) is 17.4 Å². The van der Waals surface area contributed by atoms with Gasteiger partial charge in [0.2, 0.25) is 5.91 Å². The number of anilines is 2. The van der Waals surface area contributed by atoms with Gasteiger partial charge in [-0.1, -0.05) is 36.0 Å². The number of ether oxygens (including phenoxy) is 1. The lowest BCUT2D eigenvalue weighted by atomic mass is 9.98. The van der Waals surface area contributed by atoms with Crippen LogP contribution < -0.4 is 20.3 Å². The Morgan fingerprint density at radius 3 is 2.72 bits per heavy atom. The Bertz CT molecular complexity index is 1670. The van der Waals surface area contributed by atoms with Crippen molar-refractivity contribution in [3.05, 3.63) is 83.6 Å². The Balaban J connectivity index is 1.20. The lowest BCUT2D eigenvalue weighted by Gasteiger charge is -2.36. The van der Waals surface area contributed by atoms with Gasteiger partial charge in [0.15, 0.2) is 0 Å². The van der Waals surface area contributed by atoms with Gasteiger partial charge in [-0.25, -0.2) is 9.78 Å². The molecule has 218 valence electrons. The van der Waals surface area contributed by atoms with Crippen LogP contribution in [0.2, 0.25) is 0 Å². The number of carbonyl (C=O) groups is 3. The number of hydrogen-bond donors (Lipinski definition) is 2. The number of benzene rings is 2. The number of likely N-dealkylation sites (tertiary alicyclic amines) is 1.